The van der Waals surface area contributed by atoms with E-state index in [4.69, 9.17) is 18.9 Å². The van der Waals surface area contributed by atoms with E-state index >= 15 is 0 Å². The van der Waals surface area contributed by atoms with Gasteiger partial charge in [-0.25, -0.2) is 9.97 Å². The van der Waals surface area contributed by atoms with E-state index in [-0.39, 0.29) is 36.8 Å². The van der Waals surface area contributed by atoms with Gasteiger partial charge in [-0.1, -0.05) is 24.3 Å². The van der Waals surface area contributed by atoms with E-state index < -0.39 is 12.7 Å². The number of hydrogen-bond donors (Lipinski definition) is 1. The van der Waals surface area contributed by atoms with Gasteiger partial charge in [-0.05, 0) is 96.8 Å². The number of benzene rings is 4. The molecule has 4 aromatic carbocycles. The van der Waals surface area contributed by atoms with Crippen LogP contribution in [0.2, 0.25) is 0 Å². The SMILES string of the molecule is FC(F)(F)Oc1ccc(COc2ccc3cc(OC4CCCCO4)ccc3n2)cc1.Oc1ccc2nc(OCc3ccc(OC(F)(F)F)cc3)ccc2c1. The van der Waals surface area contributed by atoms with Crippen LogP contribution in [0.15, 0.2) is 109 Å². The van der Waals surface area contributed by atoms with Gasteiger partial charge in [0.15, 0.2) is 6.29 Å². The Morgan fingerprint density at radius 3 is 1.59 bits per heavy atom. The maximum Gasteiger partial charge on any atom is 0.573 e. The molecular weight excluding hydrogens is 722 g/mol. The van der Waals surface area contributed by atoms with Crippen molar-refractivity contribution in [1.82, 2.24) is 9.97 Å². The summed E-state index contributed by atoms with van der Waals surface area (Å²) in [7, 11) is 0. The van der Waals surface area contributed by atoms with Crippen molar-refractivity contribution < 1.29 is 59.9 Å². The summed E-state index contributed by atoms with van der Waals surface area (Å²) >= 11 is 0. The first-order valence-electron chi connectivity index (χ1n) is 16.6. The number of aromatic hydroxyl groups is 1. The maximum absolute atomic E-state index is 12.2. The highest BCUT2D eigenvalue weighted by Gasteiger charge is 2.31. The molecule has 282 valence electrons. The quantitative estimate of drug-likeness (QED) is 0.137. The van der Waals surface area contributed by atoms with Crippen LogP contribution in [0.25, 0.3) is 21.8 Å². The molecule has 0 saturated carbocycles. The second kappa shape index (κ2) is 16.8. The summed E-state index contributed by atoms with van der Waals surface area (Å²) < 4.78 is 103. The lowest BCUT2D eigenvalue weighted by Crippen LogP contribution is -2.24. The zero-order valence-corrected chi connectivity index (χ0v) is 28.3. The summed E-state index contributed by atoms with van der Waals surface area (Å²) in [5.74, 6) is 1.12. The Morgan fingerprint density at radius 2 is 1.09 bits per heavy atom. The van der Waals surface area contributed by atoms with Crippen molar-refractivity contribution in [2.45, 2.75) is 51.5 Å². The van der Waals surface area contributed by atoms with Crippen LogP contribution in [0.1, 0.15) is 30.4 Å². The van der Waals surface area contributed by atoms with Gasteiger partial charge < -0.3 is 33.5 Å². The molecule has 7 rings (SSSR count). The molecule has 9 nitrogen and oxygen atoms in total. The van der Waals surface area contributed by atoms with E-state index in [0.29, 0.717) is 28.4 Å². The van der Waals surface area contributed by atoms with Gasteiger partial charge in [0.2, 0.25) is 11.8 Å². The molecule has 2 aromatic heterocycles. The smallest absolute Gasteiger partial charge is 0.508 e. The van der Waals surface area contributed by atoms with E-state index in [1.54, 1.807) is 30.3 Å². The highest BCUT2D eigenvalue weighted by Crippen LogP contribution is 2.27. The van der Waals surface area contributed by atoms with Gasteiger partial charge in [-0.15, -0.1) is 26.3 Å². The summed E-state index contributed by atoms with van der Waals surface area (Å²) in [5.41, 5.74) is 2.79. The summed E-state index contributed by atoms with van der Waals surface area (Å²) in [6.07, 6.45) is -6.58. The third-order valence-corrected chi connectivity index (χ3v) is 7.78. The molecule has 1 N–H and O–H groups in total. The topological polar surface area (TPSA) is 101 Å². The predicted molar refractivity (Wildman–Crippen MR) is 184 cm³/mol. The van der Waals surface area contributed by atoms with Gasteiger partial charge in [-0.3, -0.25) is 0 Å². The zero-order valence-electron chi connectivity index (χ0n) is 28.3. The molecule has 6 aromatic rings. The number of halogens is 6. The van der Waals surface area contributed by atoms with E-state index in [1.807, 2.05) is 24.3 Å². The van der Waals surface area contributed by atoms with E-state index in [2.05, 4.69) is 19.4 Å². The fourth-order valence-corrected chi connectivity index (χ4v) is 5.26. The number of nitrogens with zero attached hydrogens (tertiary/aromatic N) is 2. The summed E-state index contributed by atoms with van der Waals surface area (Å²) in [5, 5.41) is 11.1. The fourth-order valence-electron chi connectivity index (χ4n) is 5.26. The van der Waals surface area contributed by atoms with Crippen molar-refractivity contribution in [2.24, 2.45) is 0 Å². The molecule has 1 fully saturated rings. The van der Waals surface area contributed by atoms with Crippen LogP contribution in [0, 0.1) is 0 Å². The summed E-state index contributed by atoms with van der Waals surface area (Å²) in [6, 6.07) is 28.4. The van der Waals surface area contributed by atoms with Crippen LogP contribution < -0.4 is 23.7 Å². The Bertz CT molecular complexity index is 2140. The number of hydrogen-bond acceptors (Lipinski definition) is 9. The first-order valence-corrected chi connectivity index (χ1v) is 16.6. The van der Waals surface area contributed by atoms with Crippen LogP contribution in [-0.2, 0) is 18.0 Å². The molecule has 1 atom stereocenters. The molecule has 0 amide bonds. The van der Waals surface area contributed by atoms with Crippen molar-refractivity contribution in [3.63, 3.8) is 0 Å². The molecule has 0 spiro atoms. The third-order valence-electron chi connectivity index (χ3n) is 7.78. The molecule has 1 aliphatic rings. The molecule has 0 radical (unpaired) electrons. The largest absolute Gasteiger partial charge is 0.573 e. The summed E-state index contributed by atoms with van der Waals surface area (Å²) in [6.45, 7) is 1.05. The van der Waals surface area contributed by atoms with E-state index in [0.717, 1.165) is 47.9 Å². The molecule has 1 unspecified atom stereocenters. The highest BCUT2D eigenvalue weighted by atomic mass is 19.4. The Balaban J connectivity index is 0.000000189. The molecule has 0 bridgehead atoms. The average molecular weight is 755 g/mol. The van der Waals surface area contributed by atoms with Crippen LogP contribution in [-0.4, -0.2) is 40.7 Å². The van der Waals surface area contributed by atoms with Gasteiger partial charge in [0.1, 0.15) is 36.2 Å². The van der Waals surface area contributed by atoms with Crippen molar-refractivity contribution in [3.8, 4) is 34.8 Å². The Morgan fingerprint density at radius 1 is 0.593 bits per heavy atom. The van der Waals surface area contributed by atoms with Gasteiger partial charge in [0.25, 0.3) is 0 Å². The lowest BCUT2D eigenvalue weighted by atomic mass is 10.2. The Hall–Kier alpha value is -5.96. The number of fused-ring (bicyclic) bond motifs is 2. The van der Waals surface area contributed by atoms with Crippen molar-refractivity contribution in [3.05, 3.63) is 120 Å². The minimum Gasteiger partial charge on any atom is -0.508 e. The van der Waals surface area contributed by atoms with Crippen molar-refractivity contribution >= 4 is 21.8 Å². The Kier molecular flexibility index (Phi) is 11.8. The van der Waals surface area contributed by atoms with Gasteiger partial charge in [0.05, 0.1) is 17.6 Å². The number of phenols is 1. The fraction of sp³-hybridized carbons (Fsp3) is 0.231. The molecule has 3 heterocycles. The monoisotopic (exact) mass is 754 g/mol. The second-order valence-corrected chi connectivity index (χ2v) is 11.9. The van der Waals surface area contributed by atoms with Crippen molar-refractivity contribution in [1.29, 1.82) is 0 Å². The number of ether oxygens (including phenoxy) is 6. The molecular formula is C39H32F6N2O7. The van der Waals surface area contributed by atoms with Gasteiger partial charge in [-0.2, -0.15) is 0 Å². The van der Waals surface area contributed by atoms with Crippen LogP contribution in [0.4, 0.5) is 26.3 Å². The van der Waals surface area contributed by atoms with E-state index in [1.165, 1.54) is 54.6 Å². The van der Waals surface area contributed by atoms with Gasteiger partial charge >= 0.3 is 12.7 Å². The molecule has 1 saturated heterocycles. The van der Waals surface area contributed by atoms with Crippen molar-refractivity contribution in [2.75, 3.05) is 6.61 Å². The molecule has 0 aliphatic carbocycles. The zero-order chi connectivity index (χ0) is 38.1. The standard InChI is InChI=1S/C22H20F3NO4.C17H12F3NO3/c23-22(24,25)30-17-7-4-15(5-8-17)14-28-20-11-6-16-13-18(9-10-19(16)26-20)29-21-3-1-2-12-27-21;18-17(19,20)24-14-5-1-11(2-6-14)10-23-16-8-3-12-9-13(22)4-7-15(12)21-16/h4-11,13,21H,1-3,12,14H2;1-9,22H,10H2. The maximum atomic E-state index is 12.2. The first kappa shape index (κ1) is 37.8. The average Bonchev–Trinajstić information content (AvgIpc) is 3.14. The molecule has 54 heavy (non-hydrogen) atoms. The number of phenolic OH excluding ortho intramolecular Hbond substituents is 1. The number of aromatic nitrogens is 2. The second-order valence-electron chi connectivity index (χ2n) is 11.9. The minimum absolute atomic E-state index is 0.152. The third kappa shape index (κ3) is 11.5. The Labute approximate surface area is 304 Å². The van der Waals surface area contributed by atoms with Gasteiger partial charge in [0, 0.05) is 29.3 Å². The predicted octanol–water partition coefficient (Wildman–Crippen LogP) is 10.0. The normalized spacial score (nSPS) is 14.5. The highest BCUT2D eigenvalue weighted by molar-refractivity contribution is 5.81. The number of pyridine rings is 2. The number of rotatable bonds is 10. The minimum atomic E-state index is -4.71. The molecule has 1 aliphatic heterocycles. The van der Waals surface area contributed by atoms with Crippen LogP contribution in [0.5, 0.6) is 34.8 Å². The van der Waals surface area contributed by atoms with Crippen LogP contribution in [0.3, 0.4) is 0 Å². The lowest BCUT2D eigenvalue weighted by Gasteiger charge is -2.23. The summed E-state index contributed by atoms with van der Waals surface area (Å²) in [4.78, 5) is 8.75. The van der Waals surface area contributed by atoms with Crippen LogP contribution >= 0.6 is 0 Å². The number of alkyl halides is 6. The van der Waals surface area contributed by atoms with E-state index in [9.17, 15) is 31.4 Å². The molecule has 15 heteroatoms. The first-order chi connectivity index (χ1) is 25.8. The lowest BCUT2D eigenvalue weighted by molar-refractivity contribution is -0.275.